The summed E-state index contributed by atoms with van der Waals surface area (Å²) in [6, 6.07) is 11.2. The number of nitrogens with zero attached hydrogens (tertiary/aromatic N) is 1. The van der Waals surface area contributed by atoms with E-state index in [2.05, 4.69) is 15.2 Å². The monoisotopic (exact) mass is 345 g/mol. The Morgan fingerprint density at radius 2 is 1.88 bits per heavy atom. The maximum atomic E-state index is 11.7. The molecular formula is C19H11N3O4. The van der Waals surface area contributed by atoms with Crippen molar-refractivity contribution in [1.82, 2.24) is 15.2 Å². The average molecular weight is 345 g/mol. The third-order valence-electron chi connectivity index (χ3n) is 4.44. The molecule has 2 aromatic carbocycles. The molecule has 0 fully saturated rings. The second-order valence-electron chi connectivity index (χ2n) is 5.98. The Kier molecular flexibility index (Phi) is 2.82. The molecule has 5 aromatic rings. The molecule has 5 rings (SSSR count). The number of carboxylic acid groups (broad SMARTS) is 1. The number of rotatable bonds is 2. The molecule has 7 heteroatoms. The lowest BCUT2D eigenvalue weighted by Gasteiger charge is -2.05. The van der Waals surface area contributed by atoms with Crippen molar-refractivity contribution in [3.63, 3.8) is 0 Å². The first kappa shape index (κ1) is 14.5. The average Bonchev–Trinajstić information content (AvgIpc) is 3.23. The number of aromatic amines is 2. The summed E-state index contributed by atoms with van der Waals surface area (Å²) >= 11 is 0. The predicted octanol–water partition coefficient (Wildman–Crippen LogP) is 3.52. The smallest absolute Gasteiger partial charge is 0.335 e. The highest BCUT2D eigenvalue weighted by molar-refractivity contribution is 6.14. The Hall–Kier alpha value is -3.87. The summed E-state index contributed by atoms with van der Waals surface area (Å²) in [5, 5.41) is 16.6. The van der Waals surface area contributed by atoms with Crippen LogP contribution in [0, 0.1) is 0 Å². The van der Waals surface area contributed by atoms with E-state index in [1.807, 2.05) is 0 Å². The van der Waals surface area contributed by atoms with Gasteiger partial charge in [0.05, 0.1) is 5.56 Å². The van der Waals surface area contributed by atoms with Crippen LogP contribution in [0.3, 0.4) is 0 Å². The summed E-state index contributed by atoms with van der Waals surface area (Å²) < 4.78 is 5.97. The Morgan fingerprint density at radius 3 is 2.65 bits per heavy atom. The van der Waals surface area contributed by atoms with Crippen molar-refractivity contribution >= 4 is 39.1 Å². The lowest BCUT2D eigenvalue weighted by Crippen LogP contribution is -1.95. The molecule has 0 atom stereocenters. The van der Waals surface area contributed by atoms with E-state index >= 15 is 0 Å². The van der Waals surface area contributed by atoms with Crippen LogP contribution >= 0.6 is 0 Å². The van der Waals surface area contributed by atoms with E-state index in [-0.39, 0.29) is 11.0 Å². The van der Waals surface area contributed by atoms with Gasteiger partial charge >= 0.3 is 5.97 Å². The molecule has 0 unspecified atom stereocenters. The maximum absolute atomic E-state index is 11.7. The van der Waals surface area contributed by atoms with E-state index in [0.29, 0.717) is 22.3 Å². The first-order valence-corrected chi connectivity index (χ1v) is 7.87. The quantitative estimate of drug-likeness (QED) is 0.453. The van der Waals surface area contributed by atoms with Crippen LogP contribution in [0.1, 0.15) is 10.4 Å². The fraction of sp³-hybridized carbons (Fsp3) is 0. The van der Waals surface area contributed by atoms with Crippen molar-refractivity contribution in [3.8, 4) is 11.1 Å². The van der Waals surface area contributed by atoms with Crippen molar-refractivity contribution in [2.75, 3.05) is 0 Å². The summed E-state index contributed by atoms with van der Waals surface area (Å²) in [7, 11) is 0. The molecule has 7 nitrogen and oxygen atoms in total. The number of carbonyl (C=O) groups is 1. The normalized spacial score (nSPS) is 11.5. The van der Waals surface area contributed by atoms with Crippen LogP contribution in [0.5, 0.6) is 0 Å². The number of aromatic nitrogens is 3. The largest absolute Gasteiger partial charge is 0.478 e. The van der Waals surface area contributed by atoms with Gasteiger partial charge in [0.2, 0.25) is 0 Å². The highest BCUT2D eigenvalue weighted by Crippen LogP contribution is 2.38. The summed E-state index contributed by atoms with van der Waals surface area (Å²) in [4.78, 5) is 27.4. The van der Waals surface area contributed by atoms with Crippen LogP contribution in [0.15, 0.2) is 57.9 Å². The van der Waals surface area contributed by atoms with E-state index in [4.69, 9.17) is 9.52 Å². The zero-order chi connectivity index (χ0) is 17.8. The van der Waals surface area contributed by atoms with Gasteiger partial charge in [-0.25, -0.2) is 9.78 Å². The fourth-order valence-corrected chi connectivity index (χ4v) is 3.24. The highest BCUT2D eigenvalue weighted by Gasteiger charge is 2.19. The molecule has 0 spiro atoms. The summed E-state index contributed by atoms with van der Waals surface area (Å²) in [6.45, 7) is 0. The number of benzene rings is 2. The summed E-state index contributed by atoms with van der Waals surface area (Å²) in [5.41, 5.74) is 3.95. The van der Waals surface area contributed by atoms with Gasteiger partial charge in [-0.2, -0.15) is 0 Å². The summed E-state index contributed by atoms with van der Waals surface area (Å²) in [5.74, 6) is -0.983. The van der Waals surface area contributed by atoms with Crippen molar-refractivity contribution < 1.29 is 14.3 Å². The number of pyridine rings is 1. The van der Waals surface area contributed by atoms with E-state index in [1.54, 1.807) is 36.5 Å². The predicted molar refractivity (Wildman–Crippen MR) is 96.4 cm³/mol. The van der Waals surface area contributed by atoms with Gasteiger partial charge in [0.15, 0.2) is 16.7 Å². The van der Waals surface area contributed by atoms with E-state index in [9.17, 15) is 9.59 Å². The zero-order valence-corrected chi connectivity index (χ0v) is 13.2. The third kappa shape index (κ3) is 1.97. The van der Waals surface area contributed by atoms with Crippen LogP contribution in [0.2, 0.25) is 0 Å². The molecule has 3 N–H and O–H groups in total. The topological polar surface area (TPSA) is 112 Å². The second-order valence-corrected chi connectivity index (χ2v) is 5.98. The van der Waals surface area contributed by atoms with Crippen LogP contribution in [-0.2, 0) is 0 Å². The molecule has 0 aliphatic rings. The van der Waals surface area contributed by atoms with Gasteiger partial charge in [0, 0.05) is 28.6 Å². The second kappa shape index (κ2) is 5.06. The molecule has 0 bridgehead atoms. The number of hydrogen-bond donors (Lipinski definition) is 3. The van der Waals surface area contributed by atoms with Crippen molar-refractivity contribution in [1.29, 1.82) is 0 Å². The number of furan rings is 1. The van der Waals surface area contributed by atoms with Crippen molar-refractivity contribution in [3.05, 3.63) is 64.4 Å². The lowest BCUT2D eigenvalue weighted by molar-refractivity contribution is 0.0697. The maximum Gasteiger partial charge on any atom is 0.335 e. The zero-order valence-electron chi connectivity index (χ0n) is 13.2. The fourth-order valence-electron chi connectivity index (χ4n) is 3.24. The number of carboxylic acids is 1. The van der Waals surface area contributed by atoms with Gasteiger partial charge in [0.25, 0.3) is 0 Å². The minimum atomic E-state index is -0.983. The van der Waals surface area contributed by atoms with Gasteiger partial charge in [-0.15, -0.1) is 0 Å². The molecular weight excluding hydrogens is 334 g/mol. The molecule has 0 amide bonds. The first-order valence-electron chi connectivity index (χ1n) is 7.87. The molecule has 0 saturated heterocycles. The molecule has 126 valence electrons. The van der Waals surface area contributed by atoms with Crippen LogP contribution in [0.4, 0.5) is 0 Å². The number of fused-ring (bicyclic) bond motifs is 4. The Balaban J connectivity index is 1.91. The number of nitrogens with one attached hydrogen (secondary N) is 2. The van der Waals surface area contributed by atoms with E-state index in [0.717, 1.165) is 21.9 Å². The molecule has 26 heavy (non-hydrogen) atoms. The minimum Gasteiger partial charge on any atom is -0.478 e. The molecule has 0 aliphatic carbocycles. The van der Waals surface area contributed by atoms with Gasteiger partial charge in [-0.05, 0) is 29.8 Å². The van der Waals surface area contributed by atoms with E-state index in [1.165, 1.54) is 12.1 Å². The lowest BCUT2D eigenvalue weighted by atomic mass is 10.0. The van der Waals surface area contributed by atoms with Crippen LogP contribution in [-0.4, -0.2) is 26.3 Å². The van der Waals surface area contributed by atoms with E-state index < -0.39 is 5.97 Å². The Morgan fingerprint density at radius 1 is 1.08 bits per heavy atom. The summed E-state index contributed by atoms with van der Waals surface area (Å²) in [6.07, 6.45) is 1.77. The van der Waals surface area contributed by atoms with Crippen molar-refractivity contribution in [2.24, 2.45) is 0 Å². The first-order chi connectivity index (χ1) is 12.6. The molecule has 0 saturated carbocycles. The number of hydrogen-bond acceptors (Lipinski definition) is 4. The van der Waals surface area contributed by atoms with Crippen molar-refractivity contribution in [2.45, 2.75) is 0 Å². The third-order valence-corrected chi connectivity index (χ3v) is 4.44. The number of H-pyrrole nitrogens is 2. The number of aromatic carboxylic acids is 1. The molecule has 3 aromatic heterocycles. The molecule has 3 heterocycles. The molecule has 0 aliphatic heterocycles. The minimum absolute atomic E-state index is 0.136. The Labute approximate surface area is 144 Å². The highest BCUT2D eigenvalue weighted by atomic mass is 16.4. The Bertz CT molecular complexity index is 1370. The van der Waals surface area contributed by atoms with Crippen LogP contribution < -0.4 is 5.43 Å². The molecule has 0 radical (unpaired) electrons. The van der Waals surface area contributed by atoms with Crippen LogP contribution in [0.25, 0.3) is 44.2 Å². The SMILES string of the molecule is O=C(O)c1ccc(-c2c3c[nH][nH]c3nc3c2oc2cc(=O)ccc23)cc1. The van der Waals surface area contributed by atoms with Gasteiger partial charge < -0.3 is 14.6 Å². The van der Waals surface area contributed by atoms with Gasteiger partial charge in [-0.3, -0.25) is 9.89 Å². The van der Waals surface area contributed by atoms with Gasteiger partial charge in [0.1, 0.15) is 11.1 Å². The van der Waals surface area contributed by atoms with Gasteiger partial charge in [-0.1, -0.05) is 12.1 Å². The standard InChI is InChI=1S/C19H11N3O4/c23-11-5-6-12-14(7-11)26-17-15(9-1-3-10(4-2-9)19(24)25)13-8-20-22-18(13)21-16(12)17/h1-8H,(H,24,25)(H2,20,21,22).